The normalized spacial score (nSPS) is 12.5. The van der Waals surface area contributed by atoms with Crippen molar-refractivity contribution in [3.63, 3.8) is 0 Å². The third kappa shape index (κ3) is 4.77. The molecule has 3 nitrogen and oxygen atoms in total. The Kier molecular flexibility index (Phi) is 5.28. The number of thiophene rings is 1. The number of rotatable bonds is 5. The molecule has 0 aliphatic rings. The van der Waals surface area contributed by atoms with Crippen molar-refractivity contribution in [1.29, 1.82) is 0 Å². The van der Waals surface area contributed by atoms with E-state index in [2.05, 4.69) is 21.2 Å². The summed E-state index contributed by atoms with van der Waals surface area (Å²) in [6.45, 7) is 3.27. The van der Waals surface area contributed by atoms with E-state index in [1.807, 2.05) is 18.4 Å². The van der Waals surface area contributed by atoms with E-state index in [1.54, 1.807) is 11.3 Å². The zero-order chi connectivity index (χ0) is 11.3. The van der Waals surface area contributed by atoms with Crippen molar-refractivity contribution < 1.29 is 4.79 Å². The van der Waals surface area contributed by atoms with Crippen LogP contribution in [-0.4, -0.2) is 19.0 Å². The summed E-state index contributed by atoms with van der Waals surface area (Å²) >= 11 is 4.94. The summed E-state index contributed by atoms with van der Waals surface area (Å²) in [7, 11) is 0. The average molecular weight is 291 g/mol. The molecule has 0 saturated heterocycles. The fourth-order valence-electron chi connectivity index (χ4n) is 1.04. The monoisotopic (exact) mass is 290 g/mol. The van der Waals surface area contributed by atoms with Crippen LogP contribution in [-0.2, 0) is 11.2 Å². The van der Waals surface area contributed by atoms with Crippen molar-refractivity contribution in [2.24, 2.45) is 11.7 Å². The summed E-state index contributed by atoms with van der Waals surface area (Å²) < 4.78 is 1.03. The van der Waals surface area contributed by atoms with Crippen LogP contribution in [0.15, 0.2) is 15.9 Å². The van der Waals surface area contributed by atoms with Gasteiger partial charge in [0, 0.05) is 21.3 Å². The molecule has 0 spiro atoms. The molecule has 5 heteroatoms. The predicted molar refractivity (Wildman–Crippen MR) is 67.0 cm³/mol. The molecule has 1 atom stereocenters. The van der Waals surface area contributed by atoms with Gasteiger partial charge >= 0.3 is 0 Å². The van der Waals surface area contributed by atoms with E-state index in [-0.39, 0.29) is 5.91 Å². The topological polar surface area (TPSA) is 55.1 Å². The Labute approximate surface area is 102 Å². The molecule has 1 aromatic heterocycles. The summed E-state index contributed by atoms with van der Waals surface area (Å²) in [6.07, 6.45) is 0.452. The molecule has 1 rings (SSSR count). The summed E-state index contributed by atoms with van der Waals surface area (Å²) in [6, 6.07) is 1.97. The smallest absolute Gasteiger partial charge is 0.225 e. The molecule has 1 aromatic rings. The van der Waals surface area contributed by atoms with Crippen molar-refractivity contribution in [2.75, 3.05) is 13.1 Å². The van der Waals surface area contributed by atoms with Gasteiger partial charge in [-0.15, -0.1) is 11.3 Å². The van der Waals surface area contributed by atoms with Gasteiger partial charge in [-0.25, -0.2) is 0 Å². The standard InChI is InChI=1S/C10H15BrN2OS/c1-7(4-12)5-13-10(14)3-9-2-8(11)6-15-9/h2,6-7H,3-5,12H2,1H3,(H,13,14). The molecule has 0 aromatic carbocycles. The predicted octanol–water partition coefficient (Wildman–Crippen LogP) is 1.76. The highest BCUT2D eigenvalue weighted by atomic mass is 79.9. The van der Waals surface area contributed by atoms with Gasteiger partial charge in [0.25, 0.3) is 0 Å². The van der Waals surface area contributed by atoms with E-state index in [4.69, 9.17) is 5.73 Å². The van der Waals surface area contributed by atoms with Crippen molar-refractivity contribution in [3.05, 3.63) is 20.8 Å². The molecule has 0 radical (unpaired) electrons. The lowest BCUT2D eigenvalue weighted by atomic mass is 10.2. The molecule has 0 aliphatic heterocycles. The number of hydrogen-bond acceptors (Lipinski definition) is 3. The third-order valence-electron chi connectivity index (χ3n) is 2.01. The van der Waals surface area contributed by atoms with Crippen molar-refractivity contribution >= 4 is 33.2 Å². The van der Waals surface area contributed by atoms with E-state index in [9.17, 15) is 4.79 Å². The van der Waals surface area contributed by atoms with Crippen LogP contribution in [0.25, 0.3) is 0 Å². The first-order valence-electron chi connectivity index (χ1n) is 4.81. The Morgan fingerprint density at radius 1 is 1.73 bits per heavy atom. The molecule has 3 N–H and O–H groups in total. The number of nitrogens with one attached hydrogen (secondary N) is 1. The number of nitrogens with two attached hydrogens (primary N) is 1. The van der Waals surface area contributed by atoms with Gasteiger partial charge in [-0.3, -0.25) is 4.79 Å². The first kappa shape index (κ1) is 12.7. The molecule has 1 unspecified atom stereocenters. The number of carbonyl (C=O) groups is 1. The summed E-state index contributed by atoms with van der Waals surface area (Å²) in [5.41, 5.74) is 5.46. The van der Waals surface area contributed by atoms with Crippen LogP contribution in [0.3, 0.4) is 0 Å². The SMILES string of the molecule is CC(CN)CNC(=O)Cc1cc(Br)cs1. The summed E-state index contributed by atoms with van der Waals surface area (Å²) in [5.74, 6) is 0.397. The highest BCUT2D eigenvalue weighted by Gasteiger charge is 2.06. The van der Waals surface area contributed by atoms with E-state index in [1.165, 1.54) is 0 Å². The lowest BCUT2D eigenvalue weighted by Gasteiger charge is -2.09. The van der Waals surface area contributed by atoms with Crippen LogP contribution >= 0.6 is 27.3 Å². The second-order valence-corrected chi connectivity index (χ2v) is 5.46. The minimum Gasteiger partial charge on any atom is -0.355 e. The van der Waals surface area contributed by atoms with Gasteiger partial charge in [-0.2, -0.15) is 0 Å². The number of halogens is 1. The average Bonchev–Trinajstić information content (AvgIpc) is 2.60. The first-order chi connectivity index (χ1) is 7.11. The van der Waals surface area contributed by atoms with Gasteiger partial charge in [0.1, 0.15) is 0 Å². The van der Waals surface area contributed by atoms with Crippen molar-refractivity contribution in [3.8, 4) is 0 Å². The lowest BCUT2D eigenvalue weighted by Crippen LogP contribution is -2.32. The second kappa shape index (κ2) is 6.25. The molecule has 0 aliphatic carbocycles. The Morgan fingerprint density at radius 3 is 3.00 bits per heavy atom. The molecule has 0 bridgehead atoms. The van der Waals surface area contributed by atoms with Gasteiger partial charge in [-0.1, -0.05) is 6.92 Å². The van der Waals surface area contributed by atoms with E-state index in [0.29, 0.717) is 25.4 Å². The van der Waals surface area contributed by atoms with Crippen LogP contribution in [0.5, 0.6) is 0 Å². The zero-order valence-electron chi connectivity index (χ0n) is 8.63. The Morgan fingerprint density at radius 2 is 2.47 bits per heavy atom. The van der Waals surface area contributed by atoms with E-state index < -0.39 is 0 Å². The molecule has 0 fully saturated rings. The molecular weight excluding hydrogens is 276 g/mol. The van der Waals surface area contributed by atoms with Gasteiger partial charge in [0.2, 0.25) is 5.91 Å². The molecule has 1 amide bonds. The maximum atomic E-state index is 11.5. The quantitative estimate of drug-likeness (QED) is 0.868. The van der Waals surface area contributed by atoms with Crippen LogP contribution in [0.2, 0.25) is 0 Å². The van der Waals surface area contributed by atoms with Gasteiger partial charge in [0.05, 0.1) is 6.42 Å². The Hall–Kier alpha value is -0.390. The van der Waals surface area contributed by atoms with Crippen molar-refractivity contribution in [1.82, 2.24) is 5.32 Å². The number of carbonyl (C=O) groups excluding carboxylic acids is 1. The second-order valence-electron chi connectivity index (χ2n) is 3.55. The van der Waals surface area contributed by atoms with Gasteiger partial charge in [-0.05, 0) is 34.5 Å². The first-order valence-corrected chi connectivity index (χ1v) is 6.48. The number of hydrogen-bond donors (Lipinski definition) is 2. The summed E-state index contributed by atoms with van der Waals surface area (Å²) in [4.78, 5) is 12.6. The van der Waals surface area contributed by atoms with Gasteiger partial charge < -0.3 is 11.1 Å². The molecular formula is C10H15BrN2OS. The Balaban J connectivity index is 2.30. The largest absolute Gasteiger partial charge is 0.355 e. The maximum absolute atomic E-state index is 11.5. The molecule has 1 heterocycles. The summed E-state index contributed by atoms with van der Waals surface area (Å²) in [5, 5.41) is 4.84. The minimum atomic E-state index is 0.0599. The van der Waals surface area contributed by atoms with Crippen LogP contribution in [0.4, 0.5) is 0 Å². The lowest BCUT2D eigenvalue weighted by molar-refractivity contribution is -0.120. The third-order valence-corrected chi connectivity index (χ3v) is 3.70. The van der Waals surface area contributed by atoms with Crippen LogP contribution in [0.1, 0.15) is 11.8 Å². The van der Waals surface area contributed by atoms with E-state index >= 15 is 0 Å². The highest BCUT2D eigenvalue weighted by molar-refractivity contribution is 9.10. The van der Waals surface area contributed by atoms with Crippen LogP contribution in [0, 0.1) is 5.92 Å². The van der Waals surface area contributed by atoms with Crippen molar-refractivity contribution in [2.45, 2.75) is 13.3 Å². The fourth-order valence-corrected chi connectivity index (χ4v) is 2.49. The van der Waals surface area contributed by atoms with E-state index in [0.717, 1.165) is 9.35 Å². The highest BCUT2D eigenvalue weighted by Crippen LogP contribution is 2.19. The zero-order valence-corrected chi connectivity index (χ0v) is 11.0. The molecule has 15 heavy (non-hydrogen) atoms. The molecule has 84 valence electrons. The van der Waals surface area contributed by atoms with Gasteiger partial charge in [0.15, 0.2) is 0 Å². The Bertz CT molecular complexity index is 327. The molecule has 0 saturated carbocycles. The van der Waals surface area contributed by atoms with Crippen LogP contribution < -0.4 is 11.1 Å². The number of amides is 1. The fraction of sp³-hybridized carbons (Fsp3) is 0.500. The minimum absolute atomic E-state index is 0.0599. The maximum Gasteiger partial charge on any atom is 0.225 e.